The van der Waals surface area contributed by atoms with Crippen LogP contribution in [0.3, 0.4) is 0 Å². The molecule has 3 aromatic carbocycles. The molecule has 0 spiro atoms. The van der Waals surface area contributed by atoms with Crippen molar-refractivity contribution in [3.05, 3.63) is 94.6 Å². The maximum atomic E-state index is 13.1. The first-order valence-electron chi connectivity index (χ1n) is 12.1. The standard InChI is InChI=1S/C11H15FO.C10H13FO.C9H10F2/c1-4-8(2)9-5-10(12)7-11(6-9)13-3;1-7(2)8-4-5-10(12-3)9(11)6-8;1-6(2)7-3-8(10)5-9(11)4-7/h5-8H,4H2,1-3H3;4-7H,1-3H3;3-6H,1-2H3. The van der Waals surface area contributed by atoms with Crippen LogP contribution < -0.4 is 9.47 Å². The highest BCUT2D eigenvalue weighted by molar-refractivity contribution is 5.32. The molecule has 1 unspecified atom stereocenters. The second-order valence-electron chi connectivity index (χ2n) is 9.14. The summed E-state index contributed by atoms with van der Waals surface area (Å²) in [5.41, 5.74) is 2.69. The first-order valence-corrected chi connectivity index (χ1v) is 12.1. The highest BCUT2D eigenvalue weighted by atomic mass is 19.1. The van der Waals surface area contributed by atoms with Gasteiger partial charge in [0.05, 0.1) is 14.2 Å². The van der Waals surface area contributed by atoms with E-state index in [1.165, 1.54) is 31.4 Å². The lowest BCUT2D eigenvalue weighted by atomic mass is 9.98. The zero-order chi connectivity index (χ0) is 27.4. The third-order valence-electron chi connectivity index (χ3n) is 5.70. The van der Waals surface area contributed by atoms with Gasteiger partial charge in [-0.3, -0.25) is 0 Å². The molecule has 198 valence electrons. The highest BCUT2D eigenvalue weighted by Gasteiger charge is 2.07. The summed E-state index contributed by atoms with van der Waals surface area (Å²) < 4.78 is 61.0. The van der Waals surface area contributed by atoms with Gasteiger partial charge < -0.3 is 9.47 Å². The van der Waals surface area contributed by atoms with Gasteiger partial charge in [-0.15, -0.1) is 0 Å². The molecule has 0 saturated heterocycles. The van der Waals surface area contributed by atoms with Crippen molar-refractivity contribution in [1.29, 1.82) is 0 Å². The minimum atomic E-state index is -0.506. The van der Waals surface area contributed by atoms with Gasteiger partial charge in [0.15, 0.2) is 11.6 Å². The third-order valence-corrected chi connectivity index (χ3v) is 5.70. The smallest absolute Gasteiger partial charge is 0.165 e. The fraction of sp³-hybridized carbons (Fsp3) is 0.400. The number of methoxy groups -OCH3 is 2. The molecule has 3 aromatic rings. The molecule has 1 atom stereocenters. The van der Waals surface area contributed by atoms with Crippen LogP contribution in [0.15, 0.2) is 54.6 Å². The topological polar surface area (TPSA) is 18.5 Å². The van der Waals surface area contributed by atoms with Gasteiger partial charge in [0, 0.05) is 12.1 Å². The quantitative estimate of drug-likeness (QED) is 0.310. The number of benzene rings is 3. The van der Waals surface area contributed by atoms with E-state index >= 15 is 0 Å². The summed E-state index contributed by atoms with van der Waals surface area (Å²) in [5, 5.41) is 0. The SMILES string of the molecule is CC(C)c1cc(F)cc(F)c1.CCC(C)c1cc(F)cc(OC)c1.COc1ccc(C(C)C)cc1F. The molecule has 3 rings (SSSR count). The molecule has 0 N–H and O–H groups in total. The van der Waals surface area contributed by atoms with Crippen molar-refractivity contribution < 1.29 is 27.0 Å². The van der Waals surface area contributed by atoms with Gasteiger partial charge in [-0.2, -0.15) is 0 Å². The third kappa shape index (κ3) is 10.3. The Labute approximate surface area is 213 Å². The molecular formula is C30H38F4O2. The molecule has 6 heteroatoms. The fourth-order valence-corrected chi connectivity index (χ4v) is 3.17. The fourth-order valence-electron chi connectivity index (χ4n) is 3.17. The van der Waals surface area contributed by atoms with Gasteiger partial charge in [-0.25, -0.2) is 17.6 Å². The van der Waals surface area contributed by atoms with Crippen molar-refractivity contribution in [3.8, 4) is 11.5 Å². The minimum absolute atomic E-state index is 0.167. The lowest BCUT2D eigenvalue weighted by molar-refractivity contribution is 0.386. The summed E-state index contributed by atoms with van der Waals surface area (Å²) in [5.74, 6) is 0.269. The Kier molecular flexibility index (Phi) is 13.1. The van der Waals surface area contributed by atoms with Crippen LogP contribution in [0, 0.1) is 23.3 Å². The van der Waals surface area contributed by atoms with Crippen molar-refractivity contribution in [2.75, 3.05) is 14.2 Å². The van der Waals surface area contributed by atoms with Gasteiger partial charge in [0.2, 0.25) is 0 Å². The van der Waals surface area contributed by atoms with Crippen LogP contribution >= 0.6 is 0 Å². The van der Waals surface area contributed by atoms with E-state index < -0.39 is 11.6 Å². The Balaban J connectivity index is 0.000000271. The van der Waals surface area contributed by atoms with Gasteiger partial charge in [0.1, 0.15) is 23.2 Å². The van der Waals surface area contributed by atoms with Gasteiger partial charge in [-0.1, -0.05) is 47.6 Å². The number of halogens is 4. The van der Waals surface area contributed by atoms with Crippen molar-refractivity contribution in [1.82, 2.24) is 0 Å². The number of hydrogen-bond acceptors (Lipinski definition) is 2. The lowest BCUT2D eigenvalue weighted by Crippen LogP contribution is -1.94. The molecule has 0 saturated carbocycles. The predicted octanol–water partition coefficient (Wildman–Crippen LogP) is 9.39. The Bertz CT molecular complexity index is 1060. The number of ether oxygens (including phenoxy) is 2. The predicted molar refractivity (Wildman–Crippen MR) is 139 cm³/mol. The zero-order valence-corrected chi connectivity index (χ0v) is 22.5. The van der Waals surface area contributed by atoms with Crippen molar-refractivity contribution in [3.63, 3.8) is 0 Å². The second-order valence-corrected chi connectivity index (χ2v) is 9.14. The molecule has 0 amide bonds. The van der Waals surface area contributed by atoms with Crippen LogP contribution in [0.1, 0.15) is 82.4 Å². The maximum Gasteiger partial charge on any atom is 0.165 e. The van der Waals surface area contributed by atoms with Crippen LogP contribution in [-0.2, 0) is 0 Å². The molecule has 0 heterocycles. The van der Waals surface area contributed by atoms with E-state index in [4.69, 9.17) is 9.47 Å². The average molecular weight is 507 g/mol. The van der Waals surface area contributed by atoms with E-state index in [2.05, 4.69) is 13.8 Å². The molecule has 0 aliphatic rings. The number of rotatable bonds is 6. The van der Waals surface area contributed by atoms with Crippen LogP contribution in [0.4, 0.5) is 17.6 Å². The monoisotopic (exact) mass is 506 g/mol. The molecule has 36 heavy (non-hydrogen) atoms. The zero-order valence-electron chi connectivity index (χ0n) is 22.5. The highest BCUT2D eigenvalue weighted by Crippen LogP contribution is 2.24. The molecule has 0 fully saturated rings. The van der Waals surface area contributed by atoms with Crippen LogP contribution in [0.5, 0.6) is 11.5 Å². The van der Waals surface area contributed by atoms with Crippen LogP contribution in [0.2, 0.25) is 0 Å². The van der Waals surface area contributed by atoms with Crippen LogP contribution in [0.25, 0.3) is 0 Å². The van der Waals surface area contributed by atoms with Crippen molar-refractivity contribution >= 4 is 0 Å². The minimum Gasteiger partial charge on any atom is -0.497 e. The summed E-state index contributed by atoms with van der Waals surface area (Å²) in [7, 11) is 3.02. The molecule has 0 radical (unpaired) electrons. The summed E-state index contributed by atoms with van der Waals surface area (Å²) in [6.07, 6.45) is 1.01. The number of hydrogen-bond donors (Lipinski definition) is 0. The largest absolute Gasteiger partial charge is 0.497 e. The maximum absolute atomic E-state index is 13.1. The van der Waals surface area contributed by atoms with Crippen molar-refractivity contribution in [2.45, 2.75) is 65.7 Å². The summed E-state index contributed by atoms with van der Waals surface area (Å²) in [4.78, 5) is 0. The summed E-state index contributed by atoms with van der Waals surface area (Å²) >= 11 is 0. The first kappa shape index (κ1) is 31.0. The normalized spacial score (nSPS) is 11.3. The second kappa shape index (κ2) is 15.2. The molecular weight excluding hydrogens is 468 g/mol. The van der Waals surface area contributed by atoms with Crippen molar-refractivity contribution in [2.24, 2.45) is 0 Å². The molecule has 2 nitrogen and oxygen atoms in total. The Hall–Kier alpha value is -3.02. The molecule has 0 aromatic heterocycles. The van der Waals surface area contributed by atoms with E-state index in [1.807, 2.05) is 39.8 Å². The van der Waals surface area contributed by atoms with Crippen LogP contribution in [-0.4, -0.2) is 14.2 Å². The first-order chi connectivity index (χ1) is 16.9. The van der Waals surface area contributed by atoms with E-state index in [0.29, 0.717) is 28.9 Å². The lowest BCUT2D eigenvalue weighted by Gasteiger charge is -2.10. The van der Waals surface area contributed by atoms with Gasteiger partial charge in [-0.05, 0) is 77.3 Å². The van der Waals surface area contributed by atoms with Gasteiger partial charge >= 0.3 is 0 Å². The summed E-state index contributed by atoms with van der Waals surface area (Å²) in [6.45, 7) is 12.0. The Morgan fingerprint density at radius 2 is 1.14 bits per heavy atom. The summed E-state index contributed by atoms with van der Waals surface area (Å²) in [6, 6.07) is 13.5. The molecule has 0 aliphatic carbocycles. The van der Waals surface area contributed by atoms with Gasteiger partial charge in [0.25, 0.3) is 0 Å². The average Bonchev–Trinajstić information content (AvgIpc) is 2.83. The Morgan fingerprint density at radius 3 is 1.58 bits per heavy atom. The van der Waals surface area contributed by atoms with E-state index in [9.17, 15) is 17.6 Å². The van der Waals surface area contributed by atoms with E-state index in [1.54, 1.807) is 19.2 Å². The Morgan fingerprint density at radius 1 is 0.611 bits per heavy atom. The molecule has 0 bridgehead atoms. The van der Waals surface area contributed by atoms with E-state index in [-0.39, 0.29) is 17.6 Å². The molecule has 0 aliphatic heterocycles. The van der Waals surface area contributed by atoms with E-state index in [0.717, 1.165) is 23.6 Å².